The molecule has 7 heavy (non-hydrogen) atoms. The normalized spacial score (nSPS) is 19.0. The van der Waals surface area contributed by atoms with Crippen molar-refractivity contribution in [3.63, 3.8) is 0 Å². The van der Waals surface area contributed by atoms with Crippen molar-refractivity contribution in [1.82, 2.24) is 0 Å². The lowest BCUT2D eigenvalue weighted by molar-refractivity contribution is -0.115. The minimum Gasteiger partial charge on any atom is -0.492 e. The van der Waals surface area contributed by atoms with E-state index in [4.69, 9.17) is 0 Å². The van der Waals surface area contributed by atoms with E-state index >= 15 is 0 Å². The Bertz CT molecular complexity index is 128. The van der Waals surface area contributed by atoms with Gasteiger partial charge in [-0.3, -0.25) is 4.79 Å². The van der Waals surface area contributed by atoms with Crippen molar-refractivity contribution in [1.29, 1.82) is 0 Å². The Morgan fingerprint density at radius 1 is 1.86 bits per heavy atom. The molecule has 0 spiro atoms. The predicted octanol–water partition coefficient (Wildman–Crippen LogP) is 0.862. The Hall–Kier alpha value is -0.0600. The van der Waals surface area contributed by atoms with E-state index in [2.05, 4.69) is 4.74 Å². The van der Waals surface area contributed by atoms with Gasteiger partial charge in [-0.05, 0) is 22.6 Å². The number of carbonyl (C=O) groups is 1. The Morgan fingerprint density at radius 3 is 2.71 bits per heavy atom. The molecular formula is C4H3IO2. The van der Waals surface area contributed by atoms with Crippen LogP contribution in [0.4, 0.5) is 0 Å². The number of ether oxygens (including phenoxy) is 1. The van der Waals surface area contributed by atoms with Gasteiger partial charge >= 0.3 is 0 Å². The Balaban J connectivity index is 2.72. The second-order valence-corrected chi connectivity index (χ2v) is 2.36. The molecule has 1 rings (SSSR count). The minimum atomic E-state index is 0.0839. The van der Waals surface area contributed by atoms with Gasteiger partial charge in [0.1, 0.15) is 6.26 Å². The van der Waals surface area contributed by atoms with Crippen molar-refractivity contribution in [2.75, 3.05) is 6.61 Å². The number of hydrogen-bond donors (Lipinski definition) is 0. The van der Waals surface area contributed by atoms with Crippen LogP contribution in [0.25, 0.3) is 0 Å². The first kappa shape index (κ1) is 5.08. The maximum atomic E-state index is 10.4. The summed E-state index contributed by atoms with van der Waals surface area (Å²) in [6, 6.07) is 0. The molecule has 0 aromatic rings. The fraction of sp³-hybridized carbons (Fsp3) is 0.250. The van der Waals surface area contributed by atoms with E-state index in [-0.39, 0.29) is 12.4 Å². The first-order valence-electron chi connectivity index (χ1n) is 1.81. The Morgan fingerprint density at radius 2 is 2.57 bits per heavy atom. The third-order valence-electron chi connectivity index (χ3n) is 0.668. The summed E-state index contributed by atoms with van der Waals surface area (Å²) in [5.41, 5.74) is 0. The zero-order valence-corrected chi connectivity index (χ0v) is 5.64. The number of halogens is 1. The van der Waals surface area contributed by atoms with Gasteiger partial charge in [0.15, 0.2) is 6.61 Å². The Labute approximate surface area is 54.7 Å². The van der Waals surface area contributed by atoms with Gasteiger partial charge in [0.05, 0.1) is 3.58 Å². The van der Waals surface area contributed by atoms with Gasteiger partial charge in [-0.1, -0.05) is 0 Å². The minimum absolute atomic E-state index is 0.0839. The van der Waals surface area contributed by atoms with Crippen molar-refractivity contribution >= 4 is 28.4 Å². The highest BCUT2D eigenvalue weighted by molar-refractivity contribution is 14.1. The summed E-state index contributed by atoms with van der Waals surface area (Å²) in [5.74, 6) is 0.0839. The number of rotatable bonds is 0. The van der Waals surface area contributed by atoms with Crippen LogP contribution in [0.1, 0.15) is 0 Å². The standard InChI is InChI=1S/C4H3IO2/c5-3-1-7-2-4(3)6/h1H,2H2. The van der Waals surface area contributed by atoms with Crippen LogP contribution < -0.4 is 0 Å². The number of hydrogen-bond acceptors (Lipinski definition) is 2. The van der Waals surface area contributed by atoms with Gasteiger partial charge in [-0.25, -0.2) is 0 Å². The van der Waals surface area contributed by atoms with Crippen LogP contribution in [0, 0.1) is 0 Å². The average molecular weight is 210 g/mol. The molecule has 0 amide bonds. The number of carbonyl (C=O) groups excluding carboxylic acids is 1. The van der Waals surface area contributed by atoms with Crippen LogP contribution in [0.5, 0.6) is 0 Å². The van der Waals surface area contributed by atoms with E-state index < -0.39 is 0 Å². The Kier molecular flexibility index (Phi) is 1.32. The summed E-state index contributed by atoms with van der Waals surface area (Å²) in [7, 11) is 0. The fourth-order valence-electron chi connectivity index (χ4n) is 0.325. The largest absolute Gasteiger partial charge is 0.492 e. The maximum absolute atomic E-state index is 10.4. The van der Waals surface area contributed by atoms with Gasteiger partial charge < -0.3 is 4.74 Å². The summed E-state index contributed by atoms with van der Waals surface area (Å²) in [6.07, 6.45) is 1.48. The second kappa shape index (κ2) is 1.81. The predicted molar refractivity (Wildman–Crippen MR) is 33.1 cm³/mol. The molecule has 0 saturated carbocycles. The molecule has 1 heterocycles. The molecule has 0 N–H and O–H groups in total. The van der Waals surface area contributed by atoms with E-state index in [0.717, 1.165) is 0 Å². The van der Waals surface area contributed by atoms with Gasteiger partial charge in [-0.15, -0.1) is 0 Å². The molecular weight excluding hydrogens is 207 g/mol. The molecule has 1 aliphatic rings. The summed E-state index contributed by atoms with van der Waals surface area (Å²) in [4.78, 5) is 10.4. The summed E-state index contributed by atoms with van der Waals surface area (Å²) < 4.78 is 5.34. The lowest BCUT2D eigenvalue weighted by atomic mass is 10.5. The molecule has 0 fully saturated rings. The first-order valence-corrected chi connectivity index (χ1v) is 2.89. The second-order valence-electron chi connectivity index (χ2n) is 1.20. The molecule has 0 bridgehead atoms. The van der Waals surface area contributed by atoms with Gasteiger partial charge in [0.25, 0.3) is 0 Å². The molecule has 38 valence electrons. The molecule has 0 aromatic carbocycles. The van der Waals surface area contributed by atoms with Crippen molar-refractivity contribution in [2.45, 2.75) is 0 Å². The third kappa shape index (κ3) is 0.933. The SMILES string of the molecule is O=C1COC=C1I. The van der Waals surface area contributed by atoms with Crippen LogP contribution in [0.15, 0.2) is 9.84 Å². The van der Waals surface area contributed by atoms with Gasteiger partial charge in [-0.2, -0.15) is 0 Å². The van der Waals surface area contributed by atoms with Crippen LogP contribution in [0.3, 0.4) is 0 Å². The topological polar surface area (TPSA) is 26.3 Å². The third-order valence-corrected chi connectivity index (χ3v) is 1.52. The van der Waals surface area contributed by atoms with Crippen molar-refractivity contribution in [2.24, 2.45) is 0 Å². The van der Waals surface area contributed by atoms with Gasteiger partial charge in [0, 0.05) is 0 Å². The van der Waals surface area contributed by atoms with E-state index in [0.29, 0.717) is 3.58 Å². The van der Waals surface area contributed by atoms with E-state index in [9.17, 15) is 4.79 Å². The van der Waals surface area contributed by atoms with Gasteiger partial charge in [0.2, 0.25) is 5.78 Å². The van der Waals surface area contributed by atoms with Crippen molar-refractivity contribution in [3.05, 3.63) is 9.84 Å². The van der Waals surface area contributed by atoms with E-state index in [1.807, 2.05) is 22.6 Å². The lowest BCUT2D eigenvalue weighted by Crippen LogP contribution is -1.95. The smallest absolute Gasteiger partial charge is 0.209 e. The monoisotopic (exact) mass is 210 g/mol. The average Bonchev–Trinajstić information content (AvgIpc) is 1.91. The van der Waals surface area contributed by atoms with Crippen molar-refractivity contribution < 1.29 is 9.53 Å². The molecule has 0 atom stereocenters. The molecule has 0 aromatic heterocycles. The molecule has 0 radical (unpaired) electrons. The zero-order valence-electron chi connectivity index (χ0n) is 3.48. The molecule has 0 aliphatic carbocycles. The molecule has 0 unspecified atom stereocenters. The van der Waals surface area contributed by atoms with Crippen LogP contribution in [0.2, 0.25) is 0 Å². The molecule has 1 aliphatic heterocycles. The number of ketones is 1. The first-order chi connectivity index (χ1) is 3.30. The van der Waals surface area contributed by atoms with E-state index in [1.165, 1.54) is 6.26 Å². The molecule has 0 saturated heterocycles. The van der Waals surface area contributed by atoms with Crippen LogP contribution in [-0.4, -0.2) is 12.4 Å². The van der Waals surface area contributed by atoms with Crippen LogP contribution >= 0.6 is 22.6 Å². The zero-order chi connectivity index (χ0) is 5.28. The summed E-state index contributed by atoms with van der Waals surface area (Å²) in [6.45, 7) is 0.234. The quantitative estimate of drug-likeness (QED) is 0.554. The fourth-order valence-corrected chi connectivity index (χ4v) is 0.661. The highest BCUT2D eigenvalue weighted by Gasteiger charge is 2.11. The maximum Gasteiger partial charge on any atom is 0.209 e. The lowest BCUT2D eigenvalue weighted by Gasteiger charge is -1.79. The van der Waals surface area contributed by atoms with E-state index in [1.54, 1.807) is 0 Å². The molecule has 3 heteroatoms. The molecule has 2 nitrogen and oxygen atoms in total. The van der Waals surface area contributed by atoms with Crippen molar-refractivity contribution in [3.8, 4) is 0 Å². The summed E-state index contributed by atoms with van der Waals surface area (Å²) >= 11 is 1.94. The highest BCUT2D eigenvalue weighted by atomic mass is 127. The highest BCUT2D eigenvalue weighted by Crippen LogP contribution is 2.12. The summed E-state index contributed by atoms with van der Waals surface area (Å²) in [5, 5.41) is 0. The van der Waals surface area contributed by atoms with Crippen LogP contribution in [-0.2, 0) is 9.53 Å². The number of Topliss-reactive ketones (excluding diaryl/α,β-unsaturated/α-hetero) is 1.